The number of amides is 2. The van der Waals surface area contributed by atoms with Crippen molar-refractivity contribution in [2.24, 2.45) is 5.10 Å². The highest BCUT2D eigenvalue weighted by molar-refractivity contribution is 9.10. The van der Waals surface area contributed by atoms with Gasteiger partial charge in [0.2, 0.25) is 0 Å². The summed E-state index contributed by atoms with van der Waals surface area (Å²) in [6, 6.07) is 22.5. The maximum absolute atomic E-state index is 13.1. The number of imide groups is 1. The number of hydrogen-bond donors (Lipinski definition) is 0. The van der Waals surface area contributed by atoms with Gasteiger partial charge in [0.25, 0.3) is 11.8 Å². The third-order valence-corrected chi connectivity index (χ3v) is 6.50. The van der Waals surface area contributed by atoms with Crippen molar-refractivity contribution in [1.29, 1.82) is 0 Å². The van der Waals surface area contributed by atoms with E-state index >= 15 is 0 Å². The highest BCUT2D eigenvalue weighted by Gasteiger charge is 2.32. The van der Waals surface area contributed by atoms with Crippen molar-refractivity contribution < 1.29 is 19.1 Å². The van der Waals surface area contributed by atoms with E-state index in [0.29, 0.717) is 51.3 Å². The first-order chi connectivity index (χ1) is 17.5. The molecule has 1 aliphatic rings. The Bertz CT molecular complexity index is 1460. The molecule has 180 valence electrons. The molecule has 0 aliphatic carbocycles. The summed E-state index contributed by atoms with van der Waals surface area (Å²) in [5.41, 5.74) is 3.78. The lowest BCUT2D eigenvalue weighted by Gasteiger charge is -2.23. The number of carbonyl (C=O) groups excluding carboxylic acids is 2. The van der Waals surface area contributed by atoms with Gasteiger partial charge in [-0.15, -0.1) is 0 Å². The molecular weight excluding hydrogens is 520 g/mol. The summed E-state index contributed by atoms with van der Waals surface area (Å²) in [4.78, 5) is 26.2. The van der Waals surface area contributed by atoms with Crippen molar-refractivity contribution in [2.45, 2.75) is 20.5 Å². The van der Waals surface area contributed by atoms with Crippen LogP contribution < -0.4 is 9.47 Å². The first kappa shape index (κ1) is 23.8. The summed E-state index contributed by atoms with van der Waals surface area (Å²) < 4.78 is 12.6. The Hall–Kier alpha value is -3.97. The quantitative estimate of drug-likeness (QED) is 0.197. The van der Waals surface area contributed by atoms with E-state index in [0.717, 1.165) is 16.0 Å². The van der Waals surface area contributed by atoms with E-state index in [1.165, 1.54) is 11.8 Å². The molecule has 5 rings (SSSR count). The van der Waals surface area contributed by atoms with Gasteiger partial charge in [-0.1, -0.05) is 54.1 Å². The number of aryl methyl sites for hydroxylation is 1. The van der Waals surface area contributed by atoms with Crippen LogP contribution in [0.5, 0.6) is 11.5 Å². The van der Waals surface area contributed by atoms with Gasteiger partial charge >= 0.3 is 0 Å². The monoisotopic (exact) mass is 542 g/mol. The van der Waals surface area contributed by atoms with Crippen LogP contribution in [0.4, 0.5) is 0 Å². The van der Waals surface area contributed by atoms with Gasteiger partial charge in [0.05, 0.1) is 28.4 Å². The summed E-state index contributed by atoms with van der Waals surface area (Å²) in [5, 5.41) is 6.69. The second-order valence-electron chi connectivity index (χ2n) is 8.41. The highest BCUT2D eigenvalue weighted by Crippen LogP contribution is 2.37. The molecule has 0 spiro atoms. The van der Waals surface area contributed by atoms with Gasteiger partial charge in [-0.25, -0.2) is 0 Å². The van der Waals surface area contributed by atoms with Crippen molar-refractivity contribution in [3.05, 3.63) is 105 Å². The van der Waals surface area contributed by atoms with E-state index in [4.69, 9.17) is 9.47 Å². The van der Waals surface area contributed by atoms with E-state index in [1.807, 2.05) is 56.3 Å². The molecule has 0 N–H and O–H groups in total. The normalized spacial score (nSPS) is 13.0. The number of halogens is 1. The molecule has 0 saturated carbocycles. The molecule has 0 fully saturated rings. The third kappa shape index (κ3) is 4.50. The molecule has 0 aromatic heterocycles. The van der Waals surface area contributed by atoms with Crippen LogP contribution in [0.3, 0.4) is 0 Å². The fourth-order valence-electron chi connectivity index (χ4n) is 4.15. The highest BCUT2D eigenvalue weighted by atomic mass is 79.9. The predicted molar refractivity (Wildman–Crippen MR) is 143 cm³/mol. The Labute approximate surface area is 217 Å². The van der Waals surface area contributed by atoms with Crippen molar-refractivity contribution in [3.8, 4) is 11.5 Å². The van der Waals surface area contributed by atoms with Gasteiger partial charge in [0, 0.05) is 5.39 Å². The van der Waals surface area contributed by atoms with Crippen LogP contribution in [0.1, 0.15) is 44.3 Å². The van der Waals surface area contributed by atoms with E-state index in [1.54, 1.807) is 30.3 Å². The Balaban J connectivity index is 1.42. The molecule has 2 amide bonds. The van der Waals surface area contributed by atoms with Gasteiger partial charge in [0.1, 0.15) is 6.61 Å². The minimum Gasteiger partial charge on any atom is -0.490 e. The summed E-state index contributed by atoms with van der Waals surface area (Å²) >= 11 is 3.57. The minimum atomic E-state index is -0.456. The van der Waals surface area contributed by atoms with E-state index < -0.39 is 11.8 Å². The van der Waals surface area contributed by atoms with Crippen LogP contribution in [0.15, 0.2) is 82.4 Å². The van der Waals surface area contributed by atoms with Crippen LogP contribution in [0, 0.1) is 6.92 Å². The number of hydrazone groups is 1. The Kier molecular flexibility index (Phi) is 6.57. The molecule has 4 aromatic rings. The van der Waals surface area contributed by atoms with Crippen LogP contribution >= 0.6 is 15.9 Å². The number of rotatable bonds is 7. The second kappa shape index (κ2) is 9.95. The average Bonchev–Trinajstić information content (AvgIpc) is 2.88. The van der Waals surface area contributed by atoms with Gasteiger partial charge in [-0.3, -0.25) is 9.59 Å². The zero-order chi connectivity index (χ0) is 25.2. The Morgan fingerprint density at radius 1 is 0.917 bits per heavy atom. The third-order valence-electron chi connectivity index (χ3n) is 5.91. The van der Waals surface area contributed by atoms with Crippen molar-refractivity contribution in [3.63, 3.8) is 0 Å². The summed E-state index contributed by atoms with van der Waals surface area (Å²) in [7, 11) is 0. The molecular formula is C29H23BrN2O4. The Morgan fingerprint density at radius 3 is 2.22 bits per heavy atom. The van der Waals surface area contributed by atoms with Crippen molar-refractivity contribution >= 4 is 44.7 Å². The van der Waals surface area contributed by atoms with Crippen molar-refractivity contribution in [2.75, 3.05) is 6.61 Å². The molecule has 0 saturated heterocycles. The minimum absolute atomic E-state index is 0.383. The molecule has 1 heterocycles. The summed E-state index contributed by atoms with van der Waals surface area (Å²) in [6.45, 7) is 4.76. The zero-order valence-corrected chi connectivity index (χ0v) is 21.4. The first-order valence-corrected chi connectivity index (χ1v) is 12.3. The van der Waals surface area contributed by atoms with Crippen LogP contribution in [-0.2, 0) is 6.61 Å². The molecule has 0 radical (unpaired) electrons. The van der Waals surface area contributed by atoms with Crippen LogP contribution in [0.25, 0.3) is 10.8 Å². The average molecular weight is 543 g/mol. The Morgan fingerprint density at radius 2 is 1.58 bits per heavy atom. The molecule has 0 unspecified atom stereocenters. The molecule has 4 aromatic carbocycles. The molecule has 1 aliphatic heterocycles. The SMILES string of the molecule is CCOc1cc(/C=N\N2C(=O)c3cccc4cccc(c34)C2=O)cc(Br)c1OCc1ccc(C)cc1. The molecule has 6 nitrogen and oxygen atoms in total. The lowest BCUT2D eigenvalue weighted by atomic mass is 9.95. The number of nitrogens with zero attached hydrogens (tertiary/aromatic N) is 2. The lowest BCUT2D eigenvalue weighted by Crippen LogP contribution is -2.36. The maximum atomic E-state index is 13.1. The van der Waals surface area contributed by atoms with Crippen LogP contribution in [-0.4, -0.2) is 29.6 Å². The number of benzene rings is 4. The largest absolute Gasteiger partial charge is 0.490 e. The topological polar surface area (TPSA) is 68.2 Å². The van der Waals surface area contributed by atoms with Gasteiger partial charge in [-0.2, -0.15) is 10.1 Å². The van der Waals surface area contributed by atoms with Crippen molar-refractivity contribution in [1.82, 2.24) is 5.01 Å². The fraction of sp³-hybridized carbons (Fsp3) is 0.138. The van der Waals surface area contributed by atoms with Crippen LogP contribution in [0.2, 0.25) is 0 Å². The second-order valence-corrected chi connectivity index (χ2v) is 9.27. The van der Waals surface area contributed by atoms with Gasteiger partial charge in [-0.05, 0) is 70.6 Å². The summed E-state index contributed by atoms with van der Waals surface area (Å²) in [5.74, 6) is 0.192. The van der Waals surface area contributed by atoms with E-state index in [-0.39, 0.29) is 0 Å². The van der Waals surface area contributed by atoms with E-state index in [2.05, 4.69) is 21.0 Å². The smallest absolute Gasteiger partial charge is 0.282 e. The van der Waals surface area contributed by atoms with Gasteiger partial charge < -0.3 is 9.47 Å². The standard InChI is InChI=1S/C29H23BrN2O4/c1-3-35-25-15-20(14-24(30)27(25)36-17-19-12-10-18(2)11-13-19)16-31-32-28(33)22-8-4-6-21-7-5-9-23(26(21)22)29(32)34/h4-16H,3,17H2,1-2H3/b31-16-. The predicted octanol–water partition coefficient (Wildman–Crippen LogP) is 6.52. The maximum Gasteiger partial charge on any atom is 0.282 e. The van der Waals surface area contributed by atoms with Gasteiger partial charge in [0.15, 0.2) is 11.5 Å². The molecule has 0 bridgehead atoms. The summed E-state index contributed by atoms with van der Waals surface area (Å²) in [6.07, 6.45) is 1.47. The fourth-order valence-corrected chi connectivity index (χ4v) is 4.73. The molecule has 36 heavy (non-hydrogen) atoms. The first-order valence-electron chi connectivity index (χ1n) is 11.6. The number of ether oxygens (including phenoxy) is 2. The van der Waals surface area contributed by atoms with E-state index in [9.17, 15) is 9.59 Å². The number of carbonyl (C=O) groups is 2. The molecule has 7 heteroatoms. The lowest BCUT2D eigenvalue weighted by molar-refractivity contribution is 0.0616. The number of hydrogen-bond acceptors (Lipinski definition) is 5. The zero-order valence-electron chi connectivity index (χ0n) is 19.8. The molecule has 0 atom stereocenters.